The number of hydrogen-bond acceptors (Lipinski definition) is 7. The summed E-state index contributed by atoms with van der Waals surface area (Å²) in [4.78, 5) is 27.3. The molecule has 0 fully saturated rings. The van der Waals surface area contributed by atoms with Crippen molar-refractivity contribution in [2.45, 2.75) is 11.4 Å². The van der Waals surface area contributed by atoms with Crippen molar-refractivity contribution in [3.8, 4) is 0 Å². The zero-order valence-electron chi connectivity index (χ0n) is 16.8. The third-order valence-corrected chi connectivity index (χ3v) is 8.15. The molecule has 4 aromatic rings. The fourth-order valence-electron chi connectivity index (χ4n) is 3.62. The highest BCUT2D eigenvalue weighted by molar-refractivity contribution is 9.10. The van der Waals surface area contributed by atoms with E-state index in [0.29, 0.717) is 25.6 Å². The van der Waals surface area contributed by atoms with Gasteiger partial charge in [0.25, 0.3) is 21.8 Å². The van der Waals surface area contributed by atoms with Gasteiger partial charge in [-0.25, -0.2) is 8.42 Å². The Labute approximate surface area is 216 Å². The number of fused-ring (bicyclic) bond motifs is 2. The number of hydrogen-bond donors (Lipinski definition) is 1. The smallest absolute Gasteiger partial charge is 0.264 e. The maximum Gasteiger partial charge on any atom is 0.264 e. The summed E-state index contributed by atoms with van der Waals surface area (Å²) in [6.07, 6.45) is 0. The van der Waals surface area contributed by atoms with Crippen LogP contribution in [0.1, 0.15) is 26.3 Å². The Balaban J connectivity index is 1.54. The standard InChI is InChI=1S/C21H11BrCl2N4O4S2/c22-11-6-13-18(21(30)28(20(13)29)9-10-4-5-12(23)8-14(10)24)16(7-11)27-34(31,32)17-3-1-2-15-19(17)26-33-25-15/h1-8,27H,9H2. The van der Waals surface area contributed by atoms with Gasteiger partial charge in [0.15, 0.2) is 0 Å². The van der Waals surface area contributed by atoms with Crippen LogP contribution in [0.25, 0.3) is 11.0 Å². The number of carbonyl (C=O) groups is 2. The molecule has 0 bridgehead atoms. The van der Waals surface area contributed by atoms with Gasteiger partial charge in [-0.3, -0.25) is 19.2 Å². The van der Waals surface area contributed by atoms with Gasteiger partial charge in [0.1, 0.15) is 15.9 Å². The van der Waals surface area contributed by atoms with Crippen molar-refractivity contribution < 1.29 is 18.0 Å². The summed E-state index contributed by atoms with van der Waals surface area (Å²) in [7, 11) is -4.16. The molecular formula is C21H11BrCl2N4O4S2. The first kappa shape index (κ1) is 23.2. The minimum Gasteiger partial charge on any atom is -0.279 e. The Bertz CT molecular complexity index is 1620. The molecule has 13 heteroatoms. The van der Waals surface area contributed by atoms with E-state index in [1.807, 2.05) is 0 Å². The maximum absolute atomic E-state index is 13.3. The number of nitrogens with one attached hydrogen (secondary N) is 1. The fraction of sp³-hybridized carbons (Fsp3) is 0.0476. The van der Waals surface area contributed by atoms with Crippen molar-refractivity contribution in [1.82, 2.24) is 13.6 Å². The van der Waals surface area contributed by atoms with E-state index in [1.54, 1.807) is 24.3 Å². The number of imide groups is 1. The third-order valence-electron chi connectivity index (χ3n) is 5.16. The number of carbonyl (C=O) groups excluding carboxylic acids is 2. The molecule has 0 atom stereocenters. The lowest BCUT2D eigenvalue weighted by Gasteiger charge is -2.15. The molecule has 2 heterocycles. The number of nitrogens with zero attached hydrogens (tertiary/aromatic N) is 3. The number of anilines is 1. The molecular weight excluding hydrogens is 587 g/mol. The van der Waals surface area contributed by atoms with E-state index < -0.39 is 21.8 Å². The van der Waals surface area contributed by atoms with Gasteiger partial charge in [0.05, 0.1) is 35.1 Å². The Morgan fingerprint density at radius 3 is 2.59 bits per heavy atom. The Kier molecular flexibility index (Phi) is 5.85. The normalized spacial score (nSPS) is 13.6. The molecule has 0 spiro atoms. The molecule has 0 saturated carbocycles. The first-order chi connectivity index (χ1) is 16.2. The van der Waals surface area contributed by atoms with Gasteiger partial charge in [-0.1, -0.05) is 51.3 Å². The number of halogens is 3. The van der Waals surface area contributed by atoms with Crippen LogP contribution < -0.4 is 4.72 Å². The van der Waals surface area contributed by atoms with E-state index in [-0.39, 0.29) is 33.8 Å². The Morgan fingerprint density at radius 1 is 1.03 bits per heavy atom. The average molecular weight is 598 g/mol. The number of benzene rings is 3. The second kappa shape index (κ2) is 8.58. The summed E-state index contributed by atoms with van der Waals surface area (Å²) in [5, 5.41) is 0.721. The van der Waals surface area contributed by atoms with Crippen molar-refractivity contribution in [2.75, 3.05) is 4.72 Å². The molecule has 2 amide bonds. The Morgan fingerprint density at radius 2 is 1.82 bits per heavy atom. The van der Waals surface area contributed by atoms with Gasteiger partial charge in [0.2, 0.25) is 0 Å². The van der Waals surface area contributed by atoms with Crippen LogP contribution in [-0.2, 0) is 16.6 Å². The summed E-state index contributed by atoms with van der Waals surface area (Å²) in [6.45, 7) is -0.101. The number of aromatic nitrogens is 2. The number of amides is 2. The number of rotatable bonds is 5. The second-order valence-electron chi connectivity index (χ2n) is 7.30. The summed E-state index contributed by atoms with van der Waals surface area (Å²) >= 11 is 16.3. The monoisotopic (exact) mass is 596 g/mol. The zero-order chi connectivity index (χ0) is 24.2. The van der Waals surface area contributed by atoms with E-state index in [9.17, 15) is 18.0 Å². The van der Waals surface area contributed by atoms with Crippen LogP contribution in [0, 0.1) is 0 Å². The van der Waals surface area contributed by atoms with E-state index in [1.165, 1.54) is 24.3 Å². The van der Waals surface area contributed by atoms with E-state index >= 15 is 0 Å². The quantitative estimate of drug-likeness (QED) is 0.310. The SMILES string of the molecule is O=C1c2cc(Br)cc(NS(=O)(=O)c3cccc4nsnc34)c2C(=O)N1Cc1ccc(Cl)cc1Cl. The van der Waals surface area contributed by atoms with Gasteiger partial charge in [0, 0.05) is 14.5 Å². The predicted molar refractivity (Wildman–Crippen MR) is 133 cm³/mol. The molecule has 34 heavy (non-hydrogen) atoms. The lowest BCUT2D eigenvalue weighted by atomic mass is 10.1. The molecule has 1 N–H and O–H groups in total. The maximum atomic E-state index is 13.3. The molecule has 0 saturated heterocycles. The highest BCUT2D eigenvalue weighted by Crippen LogP contribution is 2.36. The molecule has 1 aliphatic rings. The molecule has 1 aliphatic heterocycles. The van der Waals surface area contributed by atoms with E-state index in [4.69, 9.17) is 23.2 Å². The molecule has 172 valence electrons. The highest BCUT2D eigenvalue weighted by atomic mass is 79.9. The summed E-state index contributed by atoms with van der Waals surface area (Å²) in [5.41, 5.74) is 1.15. The van der Waals surface area contributed by atoms with Crippen molar-refractivity contribution in [3.05, 3.63) is 79.7 Å². The van der Waals surface area contributed by atoms with Crippen LogP contribution >= 0.6 is 50.9 Å². The van der Waals surface area contributed by atoms with Gasteiger partial charge >= 0.3 is 0 Å². The summed E-state index contributed by atoms with van der Waals surface area (Å²) in [5.74, 6) is -1.22. The lowest BCUT2D eigenvalue weighted by molar-refractivity contribution is 0.0642. The molecule has 8 nitrogen and oxygen atoms in total. The molecule has 3 aromatic carbocycles. The first-order valence-electron chi connectivity index (χ1n) is 9.53. The van der Waals surface area contributed by atoms with Crippen LogP contribution in [0.5, 0.6) is 0 Å². The van der Waals surface area contributed by atoms with Gasteiger partial charge < -0.3 is 0 Å². The molecule has 1 aromatic heterocycles. The average Bonchev–Trinajstić information content (AvgIpc) is 3.34. The first-order valence-corrected chi connectivity index (χ1v) is 13.3. The summed E-state index contributed by atoms with van der Waals surface area (Å²) < 4.78 is 37.5. The van der Waals surface area contributed by atoms with Crippen molar-refractivity contribution >= 4 is 89.4 Å². The van der Waals surface area contributed by atoms with Crippen molar-refractivity contribution in [2.24, 2.45) is 0 Å². The van der Waals surface area contributed by atoms with Gasteiger partial charge in [-0.15, -0.1) is 0 Å². The molecule has 0 unspecified atom stereocenters. The minimum absolute atomic E-state index is 0.0346. The van der Waals surface area contributed by atoms with Crippen molar-refractivity contribution in [3.63, 3.8) is 0 Å². The molecule has 5 rings (SSSR count). The topological polar surface area (TPSA) is 109 Å². The van der Waals surface area contributed by atoms with Gasteiger partial charge in [-0.2, -0.15) is 8.75 Å². The minimum atomic E-state index is -4.16. The predicted octanol–water partition coefficient (Wildman–Crippen LogP) is 5.36. The molecule has 0 aliphatic carbocycles. The summed E-state index contributed by atoms with van der Waals surface area (Å²) in [6, 6.07) is 12.2. The zero-order valence-corrected chi connectivity index (χ0v) is 21.5. The molecule has 0 radical (unpaired) electrons. The largest absolute Gasteiger partial charge is 0.279 e. The van der Waals surface area contributed by atoms with E-state index in [0.717, 1.165) is 16.6 Å². The second-order valence-corrected chi connectivity index (χ2v) is 11.2. The van der Waals surface area contributed by atoms with Crippen LogP contribution in [0.15, 0.2) is 57.9 Å². The lowest BCUT2D eigenvalue weighted by Crippen LogP contribution is -2.29. The van der Waals surface area contributed by atoms with Crippen molar-refractivity contribution in [1.29, 1.82) is 0 Å². The highest BCUT2D eigenvalue weighted by Gasteiger charge is 2.39. The van der Waals surface area contributed by atoms with Gasteiger partial charge in [-0.05, 0) is 42.0 Å². The van der Waals surface area contributed by atoms with E-state index in [2.05, 4.69) is 29.4 Å². The fourth-order valence-corrected chi connectivity index (χ4v) is 6.38. The number of sulfonamides is 1. The van der Waals surface area contributed by atoms with Crippen LogP contribution in [0.3, 0.4) is 0 Å². The Hall–Kier alpha value is -2.57. The van der Waals surface area contributed by atoms with Crippen LogP contribution in [0.4, 0.5) is 5.69 Å². The van der Waals surface area contributed by atoms with Crippen LogP contribution in [-0.4, -0.2) is 33.9 Å². The third kappa shape index (κ3) is 3.97. The van der Waals surface area contributed by atoms with Crippen LogP contribution in [0.2, 0.25) is 10.0 Å².